The maximum absolute atomic E-state index is 13.5. The number of likely N-dealkylation sites (N-methyl/N-ethyl adjacent to an activating group) is 1. The van der Waals surface area contributed by atoms with Gasteiger partial charge in [0, 0.05) is 30.8 Å². The lowest BCUT2D eigenvalue weighted by atomic mass is 9.99. The van der Waals surface area contributed by atoms with Crippen LogP contribution in [0.25, 0.3) is 22.5 Å². The van der Waals surface area contributed by atoms with Crippen molar-refractivity contribution in [2.45, 2.75) is 25.8 Å². The minimum atomic E-state index is -0.676. The van der Waals surface area contributed by atoms with Crippen LogP contribution in [0.3, 0.4) is 0 Å². The second-order valence-electron chi connectivity index (χ2n) is 8.95. The summed E-state index contributed by atoms with van der Waals surface area (Å²) in [7, 11) is 1.72. The number of aryl methyl sites for hydroxylation is 1. The van der Waals surface area contributed by atoms with Crippen molar-refractivity contribution in [3.05, 3.63) is 84.4 Å². The first-order chi connectivity index (χ1) is 18.0. The lowest BCUT2D eigenvalue weighted by Gasteiger charge is -2.26. The van der Waals surface area contributed by atoms with Gasteiger partial charge in [-0.2, -0.15) is 5.21 Å². The van der Waals surface area contributed by atoms with Gasteiger partial charge in [0.05, 0.1) is 0 Å². The lowest BCUT2D eigenvalue weighted by molar-refractivity contribution is -0.129. The van der Waals surface area contributed by atoms with Gasteiger partial charge in [-0.05, 0) is 46.9 Å². The Morgan fingerprint density at radius 1 is 0.973 bits per heavy atom. The second kappa shape index (κ2) is 12.0. The Bertz CT molecular complexity index is 1310. The van der Waals surface area contributed by atoms with E-state index in [0.717, 1.165) is 27.9 Å². The van der Waals surface area contributed by atoms with Gasteiger partial charge in [-0.25, -0.2) is 0 Å². The third kappa shape index (κ3) is 6.25. The highest BCUT2D eigenvalue weighted by molar-refractivity contribution is 5.99. The van der Waals surface area contributed by atoms with E-state index in [0.29, 0.717) is 18.7 Å². The fraction of sp³-hybridized carbons (Fsp3) is 0.250. The third-order valence-electron chi connectivity index (χ3n) is 6.39. The molecule has 0 spiro atoms. The minimum absolute atomic E-state index is 0.187. The summed E-state index contributed by atoms with van der Waals surface area (Å²) in [5.74, 6) is -0.282. The summed E-state index contributed by atoms with van der Waals surface area (Å²) >= 11 is 0. The number of hydrogen-bond donors (Lipinski definition) is 3. The molecule has 0 aliphatic rings. The third-order valence-corrected chi connectivity index (χ3v) is 6.39. The van der Waals surface area contributed by atoms with Gasteiger partial charge in [-0.3, -0.25) is 9.59 Å². The van der Waals surface area contributed by atoms with Crippen molar-refractivity contribution in [2.75, 3.05) is 18.5 Å². The molecule has 3 aromatic carbocycles. The van der Waals surface area contributed by atoms with E-state index in [1.54, 1.807) is 18.9 Å². The molecule has 4 rings (SSSR count). The van der Waals surface area contributed by atoms with E-state index in [1.165, 1.54) is 0 Å². The highest BCUT2D eigenvalue weighted by atomic mass is 16.2. The number of nitrogens with zero attached hydrogens (tertiary/aromatic N) is 4. The standard InChI is InChI=1S/C28H31N7O2/c1-19(18-29)27(36)30-25(17-12-20-8-4-3-5-9-20)28(37)35(2)22-15-13-21(14-16-22)23-10-6-7-11-24(23)26-31-33-34-32-26/h3-11,13-16,19,25H,12,17-18,29H2,1-2H3,(H,30,36)(H,31,32,33,34)/t19?,25-/m1/s1. The van der Waals surface area contributed by atoms with Crippen LogP contribution >= 0.6 is 0 Å². The predicted molar refractivity (Wildman–Crippen MR) is 143 cm³/mol. The molecule has 1 aromatic heterocycles. The molecular formula is C28H31N7O2. The summed E-state index contributed by atoms with van der Waals surface area (Å²) in [5.41, 5.74) is 10.3. The van der Waals surface area contributed by atoms with Crippen molar-refractivity contribution in [3.8, 4) is 22.5 Å². The average Bonchev–Trinajstić information content (AvgIpc) is 3.49. The number of rotatable bonds is 10. The highest BCUT2D eigenvalue weighted by Crippen LogP contribution is 2.31. The summed E-state index contributed by atoms with van der Waals surface area (Å²) in [5, 5.41) is 17.3. The number of carbonyl (C=O) groups is 2. The number of H-pyrrole nitrogens is 1. The van der Waals surface area contributed by atoms with Gasteiger partial charge in [0.25, 0.3) is 0 Å². The first-order valence-corrected chi connectivity index (χ1v) is 12.2. The van der Waals surface area contributed by atoms with Crippen molar-refractivity contribution in [2.24, 2.45) is 11.7 Å². The van der Waals surface area contributed by atoms with Crippen LogP contribution < -0.4 is 16.0 Å². The van der Waals surface area contributed by atoms with Crippen LogP contribution in [-0.4, -0.2) is 52.1 Å². The Balaban J connectivity index is 1.53. The normalized spacial score (nSPS) is 12.5. The maximum atomic E-state index is 13.5. The Kier molecular flexibility index (Phi) is 8.37. The zero-order chi connectivity index (χ0) is 26.2. The first kappa shape index (κ1) is 25.7. The topological polar surface area (TPSA) is 130 Å². The van der Waals surface area contributed by atoms with E-state index in [1.807, 2.05) is 78.9 Å². The van der Waals surface area contributed by atoms with E-state index in [4.69, 9.17) is 5.73 Å². The smallest absolute Gasteiger partial charge is 0.249 e. The molecule has 190 valence electrons. The Hall–Kier alpha value is -4.37. The minimum Gasteiger partial charge on any atom is -0.344 e. The SMILES string of the molecule is CC(CN)C(=O)N[C@H](CCc1ccccc1)C(=O)N(C)c1ccc(-c2ccccc2-c2nn[nH]n2)cc1. The molecule has 0 saturated heterocycles. The predicted octanol–water partition coefficient (Wildman–Crippen LogP) is 3.21. The fourth-order valence-electron chi connectivity index (χ4n) is 4.07. The average molecular weight is 498 g/mol. The molecule has 2 atom stereocenters. The number of hydrogen-bond acceptors (Lipinski definition) is 6. The first-order valence-electron chi connectivity index (χ1n) is 12.2. The molecule has 1 heterocycles. The number of anilines is 1. The number of aromatic amines is 1. The summed E-state index contributed by atoms with van der Waals surface area (Å²) in [6.45, 7) is 1.97. The number of amides is 2. The summed E-state index contributed by atoms with van der Waals surface area (Å²) < 4.78 is 0. The summed E-state index contributed by atoms with van der Waals surface area (Å²) in [4.78, 5) is 27.7. The van der Waals surface area contributed by atoms with E-state index in [-0.39, 0.29) is 24.3 Å². The molecule has 0 fully saturated rings. The van der Waals surface area contributed by atoms with Gasteiger partial charge in [-0.1, -0.05) is 73.7 Å². The van der Waals surface area contributed by atoms with Crippen LogP contribution in [-0.2, 0) is 16.0 Å². The van der Waals surface area contributed by atoms with Crippen molar-refractivity contribution >= 4 is 17.5 Å². The number of aromatic nitrogens is 4. The van der Waals surface area contributed by atoms with Crippen LogP contribution in [0.5, 0.6) is 0 Å². The van der Waals surface area contributed by atoms with Gasteiger partial charge < -0.3 is 16.0 Å². The van der Waals surface area contributed by atoms with Gasteiger partial charge in [-0.15, -0.1) is 10.2 Å². The second-order valence-corrected chi connectivity index (χ2v) is 8.95. The Morgan fingerprint density at radius 3 is 2.30 bits per heavy atom. The summed E-state index contributed by atoms with van der Waals surface area (Å²) in [6, 6.07) is 24.7. The van der Waals surface area contributed by atoms with Crippen LogP contribution in [0.1, 0.15) is 18.9 Å². The lowest BCUT2D eigenvalue weighted by Crippen LogP contribution is -2.49. The molecule has 0 bridgehead atoms. The number of carbonyl (C=O) groups excluding carboxylic acids is 2. The zero-order valence-electron chi connectivity index (χ0n) is 21.0. The zero-order valence-corrected chi connectivity index (χ0v) is 21.0. The Morgan fingerprint density at radius 2 is 1.65 bits per heavy atom. The molecule has 9 nitrogen and oxygen atoms in total. The molecule has 1 unspecified atom stereocenters. The molecule has 0 saturated carbocycles. The number of nitrogens with two attached hydrogens (primary N) is 1. The molecular weight excluding hydrogens is 466 g/mol. The Labute approximate surface area is 216 Å². The molecule has 4 N–H and O–H groups in total. The van der Waals surface area contributed by atoms with Crippen LogP contribution in [0, 0.1) is 5.92 Å². The monoisotopic (exact) mass is 497 g/mol. The molecule has 0 aliphatic carbocycles. The van der Waals surface area contributed by atoms with Crippen molar-refractivity contribution in [1.82, 2.24) is 25.9 Å². The molecule has 0 aliphatic heterocycles. The van der Waals surface area contributed by atoms with Crippen molar-refractivity contribution < 1.29 is 9.59 Å². The number of benzene rings is 3. The molecule has 2 amide bonds. The van der Waals surface area contributed by atoms with Crippen LogP contribution in [0.4, 0.5) is 5.69 Å². The van der Waals surface area contributed by atoms with E-state index < -0.39 is 6.04 Å². The quantitative estimate of drug-likeness (QED) is 0.308. The molecule has 0 radical (unpaired) electrons. The van der Waals surface area contributed by atoms with E-state index in [9.17, 15) is 9.59 Å². The van der Waals surface area contributed by atoms with E-state index in [2.05, 4.69) is 25.9 Å². The number of nitrogens with one attached hydrogen (secondary N) is 2. The van der Waals surface area contributed by atoms with E-state index >= 15 is 0 Å². The summed E-state index contributed by atoms with van der Waals surface area (Å²) in [6.07, 6.45) is 1.14. The van der Waals surface area contributed by atoms with Crippen molar-refractivity contribution in [1.29, 1.82) is 0 Å². The maximum Gasteiger partial charge on any atom is 0.249 e. The van der Waals surface area contributed by atoms with Crippen molar-refractivity contribution in [3.63, 3.8) is 0 Å². The molecule has 9 heteroatoms. The largest absolute Gasteiger partial charge is 0.344 e. The van der Waals surface area contributed by atoms with Gasteiger partial charge in [0.2, 0.25) is 17.6 Å². The number of tetrazole rings is 1. The molecule has 37 heavy (non-hydrogen) atoms. The fourth-order valence-corrected chi connectivity index (χ4v) is 4.07. The van der Waals surface area contributed by atoms with Gasteiger partial charge in [0.1, 0.15) is 6.04 Å². The van der Waals surface area contributed by atoms with Crippen LogP contribution in [0.15, 0.2) is 78.9 Å². The van der Waals surface area contributed by atoms with Crippen LogP contribution in [0.2, 0.25) is 0 Å². The van der Waals surface area contributed by atoms with Gasteiger partial charge in [0.15, 0.2) is 0 Å². The highest BCUT2D eigenvalue weighted by Gasteiger charge is 2.26. The molecule has 4 aromatic rings. The van der Waals surface area contributed by atoms with Gasteiger partial charge >= 0.3 is 0 Å².